The average Bonchev–Trinajstić information content (AvgIpc) is 2.61. The molecule has 6 heteroatoms. The third-order valence-corrected chi connectivity index (χ3v) is 3.72. The van der Waals surface area contributed by atoms with E-state index in [9.17, 15) is 15.0 Å². The molecule has 0 heterocycles. The predicted octanol–water partition coefficient (Wildman–Crippen LogP) is 2.45. The number of ether oxygens (including phenoxy) is 1. The first kappa shape index (κ1) is 21.2. The zero-order valence-electron chi connectivity index (χ0n) is 14.8. The fourth-order valence-electron chi connectivity index (χ4n) is 2.14. The van der Waals surface area contributed by atoms with Crippen molar-refractivity contribution in [3.8, 4) is 11.5 Å². The quantitative estimate of drug-likeness (QED) is 0.371. The summed E-state index contributed by atoms with van der Waals surface area (Å²) < 4.78 is 4.20. The van der Waals surface area contributed by atoms with Gasteiger partial charge in [-0.2, -0.15) is 0 Å². The Morgan fingerprint density at radius 3 is 1.69 bits per heavy atom. The molecular weight excluding hydrogens is 336 g/mol. The lowest BCUT2D eigenvalue weighted by Gasteiger charge is -2.26. The number of phenolic OH excluding ortho intramolecular Hbond substituents is 2. The number of aromatic hydroxyl groups is 2. The zero-order valence-corrected chi connectivity index (χ0v) is 14.8. The van der Waals surface area contributed by atoms with Crippen molar-refractivity contribution >= 4 is 5.97 Å². The smallest absolute Gasteiger partial charge is 0.330 e. The Hall–Kier alpha value is -2.83. The highest BCUT2D eigenvalue weighted by atomic mass is 16.6. The second-order valence-corrected chi connectivity index (χ2v) is 6.03. The third-order valence-electron chi connectivity index (χ3n) is 3.72. The second kappa shape index (κ2) is 9.60. The number of hydrogen-bond donors (Lipinski definition) is 4. The minimum Gasteiger partial charge on any atom is -0.508 e. The van der Waals surface area contributed by atoms with Gasteiger partial charge >= 0.3 is 5.97 Å². The monoisotopic (exact) mass is 360 g/mol. The van der Waals surface area contributed by atoms with Crippen LogP contribution in [-0.2, 0) is 14.9 Å². The summed E-state index contributed by atoms with van der Waals surface area (Å²) in [6.07, 6.45) is -0.656. The normalized spacial score (nSPS) is 10.7. The number of hydrogen-bond acceptors (Lipinski definition) is 6. The van der Waals surface area contributed by atoms with Crippen LogP contribution in [0.15, 0.2) is 61.2 Å². The molecule has 4 N–H and O–H groups in total. The third kappa shape index (κ3) is 6.58. The Kier molecular flexibility index (Phi) is 7.83. The molecule has 0 spiro atoms. The number of carbonyl (C=O) groups is 1. The molecule has 0 bridgehead atoms. The van der Waals surface area contributed by atoms with Gasteiger partial charge in [-0.3, -0.25) is 0 Å². The molecule has 0 unspecified atom stereocenters. The minimum absolute atomic E-state index is 0.151. The van der Waals surface area contributed by atoms with Crippen LogP contribution in [0.25, 0.3) is 0 Å². The minimum atomic E-state index is -1.60. The van der Waals surface area contributed by atoms with Crippen LogP contribution in [-0.4, -0.2) is 39.3 Å². The number of aliphatic hydroxyl groups excluding tert-OH is 1. The van der Waals surface area contributed by atoms with E-state index < -0.39 is 18.9 Å². The number of carbonyl (C=O) groups excluding carboxylic acids is 1. The molecule has 0 atom stereocenters. The summed E-state index contributed by atoms with van der Waals surface area (Å²) in [7, 11) is 0. The van der Waals surface area contributed by atoms with Crippen LogP contribution in [0.2, 0.25) is 0 Å². The summed E-state index contributed by atoms with van der Waals surface area (Å²) in [5.41, 5.74) is 2.10. The molecule has 2 aromatic carbocycles. The van der Waals surface area contributed by atoms with Crippen LogP contribution in [0.3, 0.4) is 0 Å². The lowest BCUT2D eigenvalue weighted by Crippen LogP contribution is -2.18. The molecule has 0 aliphatic heterocycles. The standard InChI is InChI=1S/C15H16O2.C5H8O4/c1-15(2,11-3-7-13(16)8-4-11)12-5-9-14(17)10-6-12;1-2-5(8)9-3-4(6)7/h3-10,16-17H,1-2H3;2,4,6-7H,1,3H2. The Morgan fingerprint density at radius 2 is 1.38 bits per heavy atom. The molecule has 0 amide bonds. The molecule has 0 saturated carbocycles. The van der Waals surface area contributed by atoms with Crippen LogP contribution in [0.5, 0.6) is 11.5 Å². The molecule has 0 aliphatic rings. The van der Waals surface area contributed by atoms with Gasteiger partial charge < -0.3 is 25.2 Å². The molecule has 2 aromatic rings. The SMILES string of the molecule is C=CC(=O)OCC(O)O.CC(C)(c1ccc(O)cc1)c1ccc(O)cc1. The molecule has 0 aliphatic carbocycles. The molecule has 0 fully saturated rings. The summed E-state index contributed by atoms with van der Waals surface area (Å²) in [6, 6.07) is 14.4. The van der Waals surface area contributed by atoms with Gasteiger partial charge in [-0.25, -0.2) is 4.79 Å². The summed E-state index contributed by atoms with van der Waals surface area (Å²) in [4.78, 5) is 10.2. The number of aliphatic hydroxyl groups is 2. The van der Waals surface area contributed by atoms with Crippen LogP contribution in [0.4, 0.5) is 0 Å². The first-order chi connectivity index (χ1) is 12.2. The van der Waals surface area contributed by atoms with Crippen LogP contribution in [0.1, 0.15) is 25.0 Å². The van der Waals surface area contributed by atoms with Crippen molar-refractivity contribution < 1.29 is 30.0 Å². The summed E-state index contributed by atoms with van der Waals surface area (Å²) in [5.74, 6) is -0.117. The molecule has 0 saturated heterocycles. The van der Waals surface area contributed by atoms with Crippen molar-refractivity contribution in [3.05, 3.63) is 72.3 Å². The lowest BCUT2D eigenvalue weighted by molar-refractivity contribution is -0.150. The van der Waals surface area contributed by atoms with Crippen LogP contribution >= 0.6 is 0 Å². The summed E-state index contributed by atoms with van der Waals surface area (Å²) >= 11 is 0. The van der Waals surface area contributed by atoms with E-state index in [-0.39, 0.29) is 16.9 Å². The molecule has 6 nitrogen and oxygen atoms in total. The number of benzene rings is 2. The van der Waals surface area contributed by atoms with E-state index in [1.54, 1.807) is 24.3 Å². The van der Waals surface area contributed by atoms with E-state index in [4.69, 9.17) is 10.2 Å². The van der Waals surface area contributed by atoms with E-state index in [1.807, 2.05) is 24.3 Å². The molecule has 140 valence electrons. The molecular formula is C20H24O6. The van der Waals surface area contributed by atoms with Crippen molar-refractivity contribution in [2.75, 3.05) is 6.61 Å². The lowest BCUT2D eigenvalue weighted by atomic mass is 9.78. The van der Waals surface area contributed by atoms with E-state index in [2.05, 4.69) is 25.2 Å². The fourth-order valence-corrected chi connectivity index (χ4v) is 2.14. The fraction of sp³-hybridized carbons (Fsp3) is 0.250. The second-order valence-electron chi connectivity index (χ2n) is 6.03. The van der Waals surface area contributed by atoms with Crippen molar-refractivity contribution in [2.45, 2.75) is 25.6 Å². The molecule has 0 aromatic heterocycles. The van der Waals surface area contributed by atoms with Gasteiger partial charge in [0.15, 0.2) is 6.29 Å². The topological polar surface area (TPSA) is 107 Å². The Bertz CT molecular complexity index is 655. The van der Waals surface area contributed by atoms with Crippen LogP contribution in [0, 0.1) is 0 Å². The number of esters is 1. The van der Waals surface area contributed by atoms with E-state index in [1.165, 1.54) is 0 Å². The maximum atomic E-state index is 10.2. The highest BCUT2D eigenvalue weighted by Crippen LogP contribution is 2.32. The predicted molar refractivity (Wildman–Crippen MR) is 97.7 cm³/mol. The highest BCUT2D eigenvalue weighted by molar-refractivity contribution is 5.81. The first-order valence-electron chi connectivity index (χ1n) is 7.91. The van der Waals surface area contributed by atoms with Gasteiger partial charge in [0.1, 0.15) is 18.1 Å². The average molecular weight is 360 g/mol. The first-order valence-corrected chi connectivity index (χ1v) is 7.91. The van der Waals surface area contributed by atoms with E-state index in [0.29, 0.717) is 0 Å². The van der Waals surface area contributed by atoms with Gasteiger partial charge in [0, 0.05) is 11.5 Å². The maximum absolute atomic E-state index is 10.2. The van der Waals surface area contributed by atoms with Gasteiger partial charge in [-0.15, -0.1) is 0 Å². The van der Waals surface area contributed by atoms with Gasteiger partial charge in [0.05, 0.1) is 0 Å². The van der Waals surface area contributed by atoms with Gasteiger partial charge in [-0.1, -0.05) is 44.7 Å². The Balaban J connectivity index is 0.000000321. The molecule has 2 rings (SSSR count). The van der Waals surface area contributed by atoms with Crippen molar-refractivity contribution in [1.82, 2.24) is 0 Å². The molecule has 26 heavy (non-hydrogen) atoms. The largest absolute Gasteiger partial charge is 0.508 e. The summed E-state index contributed by atoms with van der Waals surface area (Å²) in [6.45, 7) is 6.92. The van der Waals surface area contributed by atoms with E-state index in [0.717, 1.165) is 17.2 Å². The highest BCUT2D eigenvalue weighted by Gasteiger charge is 2.22. The summed E-state index contributed by atoms with van der Waals surface area (Å²) in [5, 5.41) is 34.9. The van der Waals surface area contributed by atoms with Crippen molar-refractivity contribution in [3.63, 3.8) is 0 Å². The van der Waals surface area contributed by atoms with Gasteiger partial charge in [0.25, 0.3) is 0 Å². The van der Waals surface area contributed by atoms with Gasteiger partial charge in [0.2, 0.25) is 0 Å². The Labute approximate surface area is 152 Å². The number of phenols is 2. The molecule has 0 radical (unpaired) electrons. The zero-order chi connectivity index (χ0) is 19.7. The van der Waals surface area contributed by atoms with Crippen molar-refractivity contribution in [2.24, 2.45) is 0 Å². The maximum Gasteiger partial charge on any atom is 0.330 e. The Morgan fingerprint density at radius 1 is 1.00 bits per heavy atom. The van der Waals surface area contributed by atoms with Crippen molar-refractivity contribution in [1.29, 1.82) is 0 Å². The van der Waals surface area contributed by atoms with Crippen LogP contribution < -0.4 is 0 Å². The van der Waals surface area contributed by atoms with Gasteiger partial charge in [-0.05, 0) is 35.4 Å². The van der Waals surface area contributed by atoms with E-state index >= 15 is 0 Å². The number of rotatable bonds is 5.